The second kappa shape index (κ2) is 10.1. The maximum absolute atomic E-state index is 14.8. The molecule has 0 aliphatic carbocycles. The topological polar surface area (TPSA) is 112 Å². The molecule has 1 atom stereocenters. The van der Waals surface area contributed by atoms with Crippen molar-refractivity contribution in [1.29, 1.82) is 0 Å². The minimum atomic E-state index is -1.55. The maximum atomic E-state index is 14.8. The number of carboxylic acid groups (broad SMARTS) is 1. The van der Waals surface area contributed by atoms with Crippen molar-refractivity contribution in [2.45, 2.75) is 18.6 Å². The van der Waals surface area contributed by atoms with Gasteiger partial charge in [-0.05, 0) is 17.2 Å². The first kappa shape index (κ1) is 25.2. The van der Waals surface area contributed by atoms with Crippen LogP contribution in [0.5, 0.6) is 5.75 Å². The van der Waals surface area contributed by atoms with Gasteiger partial charge in [-0.1, -0.05) is 84.4 Å². The summed E-state index contributed by atoms with van der Waals surface area (Å²) in [4.78, 5) is 38.1. The van der Waals surface area contributed by atoms with E-state index >= 15 is 0 Å². The number of nitrogens with zero attached hydrogens (tertiary/aromatic N) is 2. The van der Waals surface area contributed by atoms with Crippen LogP contribution in [-0.4, -0.2) is 31.7 Å². The SMILES string of the molecule is O=C(O)c1cn2c(c(O)c1=O)C(=O)N(Cc1cccc(Cl)c1F)N[C@@H]2C(c1ccccc1)c1ccccc1. The minimum Gasteiger partial charge on any atom is -0.503 e. The zero-order valence-electron chi connectivity index (χ0n) is 19.7. The summed E-state index contributed by atoms with van der Waals surface area (Å²) in [6.07, 6.45) is 0.144. The Morgan fingerprint density at radius 3 is 2.16 bits per heavy atom. The van der Waals surface area contributed by atoms with Crippen LogP contribution in [0.2, 0.25) is 5.02 Å². The van der Waals surface area contributed by atoms with E-state index < -0.39 is 52.2 Å². The van der Waals surface area contributed by atoms with E-state index in [-0.39, 0.29) is 17.1 Å². The van der Waals surface area contributed by atoms with E-state index in [0.717, 1.165) is 22.3 Å². The Bertz CT molecular complexity index is 1550. The fraction of sp³-hybridized carbons (Fsp3) is 0.107. The molecule has 0 spiro atoms. The third-order valence-electron chi connectivity index (χ3n) is 6.47. The summed E-state index contributed by atoms with van der Waals surface area (Å²) in [7, 11) is 0. The number of carbonyl (C=O) groups is 2. The van der Waals surface area contributed by atoms with Gasteiger partial charge in [-0.15, -0.1) is 0 Å². The van der Waals surface area contributed by atoms with Crippen LogP contribution >= 0.6 is 11.6 Å². The predicted molar refractivity (Wildman–Crippen MR) is 138 cm³/mol. The van der Waals surface area contributed by atoms with Crippen LogP contribution in [0, 0.1) is 5.82 Å². The largest absolute Gasteiger partial charge is 0.503 e. The molecular formula is C28H21ClFN3O5. The zero-order valence-corrected chi connectivity index (χ0v) is 20.5. The summed E-state index contributed by atoms with van der Waals surface area (Å²) in [6, 6.07) is 22.9. The molecule has 3 N–H and O–H groups in total. The molecule has 38 heavy (non-hydrogen) atoms. The molecule has 0 unspecified atom stereocenters. The highest BCUT2D eigenvalue weighted by atomic mass is 35.5. The highest BCUT2D eigenvalue weighted by Crippen LogP contribution is 2.38. The zero-order chi connectivity index (χ0) is 27.0. The van der Waals surface area contributed by atoms with Gasteiger partial charge in [0.1, 0.15) is 17.5 Å². The summed E-state index contributed by atoms with van der Waals surface area (Å²) in [5.41, 5.74) is 2.51. The van der Waals surface area contributed by atoms with Gasteiger partial charge in [0.2, 0.25) is 5.43 Å². The third-order valence-corrected chi connectivity index (χ3v) is 6.76. The highest BCUT2D eigenvalue weighted by Gasteiger charge is 2.40. The van der Waals surface area contributed by atoms with Crippen molar-refractivity contribution in [3.05, 3.63) is 134 Å². The number of amides is 1. The summed E-state index contributed by atoms with van der Waals surface area (Å²) in [5, 5.41) is 21.4. The van der Waals surface area contributed by atoms with E-state index in [1.54, 1.807) is 6.07 Å². The lowest BCUT2D eigenvalue weighted by Gasteiger charge is -2.41. The number of halogens is 2. The molecule has 1 amide bonds. The molecule has 4 aromatic rings. The number of hydrazine groups is 1. The van der Waals surface area contributed by atoms with Crippen molar-refractivity contribution in [2.75, 3.05) is 0 Å². The van der Waals surface area contributed by atoms with Crippen molar-refractivity contribution < 1.29 is 24.2 Å². The molecule has 192 valence electrons. The van der Waals surface area contributed by atoms with Gasteiger partial charge in [-0.3, -0.25) is 14.6 Å². The lowest BCUT2D eigenvalue weighted by molar-refractivity contribution is 0.0404. The number of aromatic carboxylic acids is 1. The van der Waals surface area contributed by atoms with Crippen molar-refractivity contribution >= 4 is 23.5 Å². The highest BCUT2D eigenvalue weighted by molar-refractivity contribution is 6.30. The minimum absolute atomic E-state index is 0.102. The summed E-state index contributed by atoms with van der Waals surface area (Å²) in [5.74, 6) is -4.63. The molecule has 0 radical (unpaired) electrons. The Kier molecular flexibility index (Phi) is 6.71. The van der Waals surface area contributed by atoms with Crippen LogP contribution in [0.15, 0.2) is 89.9 Å². The number of aromatic nitrogens is 1. The van der Waals surface area contributed by atoms with Gasteiger partial charge in [0.25, 0.3) is 5.91 Å². The van der Waals surface area contributed by atoms with Crippen LogP contribution in [-0.2, 0) is 6.54 Å². The summed E-state index contributed by atoms with van der Waals surface area (Å²) in [6.45, 7) is -0.285. The number of carboxylic acids is 1. The normalized spacial score (nSPS) is 15.0. The van der Waals surface area contributed by atoms with Gasteiger partial charge in [-0.2, -0.15) is 0 Å². The molecule has 2 heterocycles. The number of fused-ring (bicyclic) bond motifs is 1. The first-order chi connectivity index (χ1) is 18.3. The average Bonchev–Trinajstić information content (AvgIpc) is 2.92. The molecule has 5 rings (SSSR count). The molecular weight excluding hydrogens is 513 g/mol. The first-order valence-corrected chi connectivity index (χ1v) is 12.0. The Hall–Kier alpha value is -4.47. The van der Waals surface area contributed by atoms with Crippen molar-refractivity contribution in [1.82, 2.24) is 15.0 Å². The number of aromatic hydroxyl groups is 1. The third kappa shape index (κ3) is 4.42. The van der Waals surface area contributed by atoms with E-state index in [1.807, 2.05) is 60.7 Å². The fourth-order valence-corrected chi connectivity index (χ4v) is 4.88. The van der Waals surface area contributed by atoms with E-state index in [0.29, 0.717) is 0 Å². The quantitative estimate of drug-likeness (QED) is 0.335. The Balaban J connectivity index is 1.74. The number of pyridine rings is 1. The van der Waals surface area contributed by atoms with Crippen LogP contribution < -0.4 is 10.9 Å². The Morgan fingerprint density at radius 1 is 0.974 bits per heavy atom. The summed E-state index contributed by atoms with van der Waals surface area (Å²) < 4.78 is 16.0. The molecule has 0 saturated carbocycles. The van der Waals surface area contributed by atoms with E-state index in [2.05, 4.69) is 5.43 Å². The van der Waals surface area contributed by atoms with Gasteiger partial charge < -0.3 is 14.8 Å². The number of carbonyl (C=O) groups excluding carboxylic acids is 1. The van der Waals surface area contributed by atoms with E-state index in [4.69, 9.17) is 11.6 Å². The molecule has 1 aliphatic heterocycles. The number of hydrogen-bond donors (Lipinski definition) is 3. The lowest BCUT2D eigenvalue weighted by Crippen LogP contribution is -2.54. The molecule has 10 heteroatoms. The van der Waals surface area contributed by atoms with Gasteiger partial charge in [-0.25, -0.2) is 14.6 Å². The van der Waals surface area contributed by atoms with Gasteiger partial charge >= 0.3 is 5.97 Å². The lowest BCUT2D eigenvalue weighted by atomic mass is 9.87. The second-order valence-electron chi connectivity index (χ2n) is 8.76. The Labute approximate surface area is 221 Å². The molecule has 1 aromatic heterocycles. The van der Waals surface area contributed by atoms with Crippen molar-refractivity contribution in [2.24, 2.45) is 0 Å². The standard InChI is InChI=1S/C28H21ClFN3O5/c29-20-13-7-12-18(22(20)30)14-33-27(36)23-25(35)24(34)19(28(37)38)15-32(23)26(31-33)21(16-8-3-1-4-9-16)17-10-5-2-6-11-17/h1-13,15,21,26,31,35H,14H2,(H,37,38)/t26-/m0/s1. The van der Waals surface area contributed by atoms with Crippen molar-refractivity contribution in [3.63, 3.8) is 0 Å². The predicted octanol–water partition coefficient (Wildman–Crippen LogP) is 4.54. The maximum Gasteiger partial charge on any atom is 0.341 e. The van der Waals surface area contributed by atoms with E-state index in [9.17, 15) is 29.0 Å². The number of hydrogen-bond acceptors (Lipinski definition) is 5. The van der Waals surface area contributed by atoms with Gasteiger partial charge in [0, 0.05) is 17.7 Å². The van der Waals surface area contributed by atoms with Crippen LogP contribution in [0.4, 0.5) is 4.39 Å². The van der Waals surface area contributed by atoms with Gasteiger partial charge in [0.05, 0.1) is 11.6 Å². The van der Waals surface area contributed by atoms with Crippen LogP contribution in [0.1, 0.15) is 49.6 Å². The van der Waals surface area contributed by atoms with E-state index in [1.165, 1.54) is 16.7 Å². The first-order valence-electron chi connectivity index (χ1n) is 11.6. The Morgan fingerprint density at radius 2 is 1.58 bits per heavy atom. The van der Waals surface area contributed by atoms with Crippen LogP contribution in [0.25, 0.3) is 0 Å². The smallest absolute Gasteiger partial charge is 0.341 e. The van der Waals surface area contributed by atoms with Crippen LogP contribution in [0.3, 0.4) is 0 Å². The molecule has 8 nitrogen and oxygen atoms in total. The molecule has 3 aromatic carbocycles. The monoisotopic (exact) mass is 533 g/mol. The number of rotatable bonds is 6. The fourth-order valence-electron chi connectivity index (χ4n) is 4.68. The number of nitrogens with one attached hydrogen (secondary N) is 1. The molecule has 0 saturated heterocycles. The molecule has 0 fully saturated rings. The number of benzene rings is 3. The van der Waals surface area contributed by atoms with Crippen molar-refractivity contribution in [3.8, 4) is 5.75 Å². The molecule has 1 aliphatic rings. The summed E-state index contributed by atoms with van der Waals surface area (Å²) >= 11 is 5.94. The second-order valence-corrected chi connectivity index (χ2v) is 9.17. The van der Waals surface area contributed by atoms with Gasteiger partial charge in [0.15, 0.2) is 11.4 Å². The average molecular weight is 534 g/mol. The molecule has 0 bridgehead atoms.